The van der Waals surface area contributed by atoms with Gasteiger partial charge in [-0.05, 0) is 48.5 Å². The van der Waals surface area contributed by atoms with Crippen LogP contribution in [0, 0.1) is 0 Å². The molecule has 26 heavy (non-hydrogen) atoms. The highest BCUT2D eigenvalue weighted by Crippen LogP contribution is 2.48. The van der Waals surface area contributed by atoms with Crippen LogP contribution in [0.4, 0.5) is 11.4 Å². The Morgan fingerprint density at radius 2 is 1.58 bits per heavy atom. The predicted octanol–water partition coefficient (Wildman–Crippen LogP) is 6.05. The van der Waals surface area contributed by atoms with E-state index in [1.54, 1.807) is 17.8 Å². The fourth-order valence-electron chi connectivity index (χ4n) is 3.38. The number of hydrogen-bond donors (Lipinski definition) is 0. The van der Waals surface area contributed by atoms with Crippen molar-refractivity contribution in [2.24, 2.45) is 0 Å². The summed E-state index contributed by atoms with van der Waals surface area (Å²) in [7, 11) is 0. The maximum Gasteiger partial charge on any atom is 0.150 e. The maximum absolute atomic E-state index is 11.0. The van der Waals surface area contributed by atoms with Gasteiger partial charge < -0.3 is 9.32 Å². The van der Waals surface area contributed by atoms with Gasteiger partial charge in [-0.1, -0.05) is 36.0 Å². The van der Waals surface area contributed by atoms with Gasteiger partial charge in [-0.15, -0.1) is 0 Å². The second-order valence-electron chi connectivity index (χ2n) is 6.25. The minimum Gasteiger partial charge on any atom is -0.459 e. The molecule has 0 N–H and O–H groups in total. The number of carbonyl (C=O) groups excluding carboxylic acids is 1. The second-order valence-corrected chi connectivity index (χ2v) is 7.34. The van der Waals surface area contributed by atoms with Crippen LogP contribution in [0.1, 0.15) is 16.1 Å². The lowest BCUT2D eigenvalue weighted by atomic mass is 10.1. The Morgan fingerprint density at radius 3 is 2.27 bits per heavy atom. The van der Waals surface area contributed by atoms with Gasteiger partial charge in [-0.25, -0.2) is 0 Å². The van der Waals surface area contributed by atoms with Crippen molar-refractivity contribution in [2.75, 3.05) is 4.90 Å². The lowest BCUT2D eigenvalue weighted by molar-refractivity contribution is 0.112. The van der Waals surface area contributed by atoms with Crippen LogP contribution in [0.3, 0.4) is 0 Å². The number of hydrogen-bond acceptors (Lipinski definition) is 4. The summed E-state index contributed by atoms with van der Waals surface area (Å²) in [5, 5.41) is 0.956. The number of fused-ring (bicyclic) bond motifs is 3. The van der Waals surface area contributed by atoms with Gasteiger partial charge in [0.25, 0.3) is 0 Å². The Bertz CT molecular complexity index is 1090. The molecule has 0 radical (unpaired) electrons. The first kappa shape index (κ1) is 15.3. The summed E-state index contributed by atoms with van der Waals surface area (Å²) >= 11 is 1.80. The molecule has 126 valence electrons. The minimum atomic E-state index is 0.639. The number of carbonyl (C=O) groups is 1. The molecule has 0 atom stereocenters. The van der Waals surface area contributed by atoms with Crippen LogP contribution in [-0.4, -0.2) is 6.29 Å². The van der Waals surface area contributed by atoms with Crippen LogP contribution < -0.4 is 4.90 Å². The van der Waals surface area contributed by atoms with E-state index >= 15 is 0 Å². The smallest absolute Gasteiger partial charge is 0.150 e. The summed E-state index contributed by atoms with van der Waals surface area (Å²) in [6.45, 7) is 0.639. The van der Waals surface area contributed by atoms with Crippen molar-refractivity contribution in [1.29, 1.82) is 0 Å². The zero-order chi connectivity index (χ0) is 17.5. The lowest BCUT2D eigenvalue weighted by Crippen LogP contribution is -2.19. The van der Waals surface area contributed by atoms with E-state index in [9.17, 15) is 4.79 Å². The van der Waals surface area contributed by atoms with Gasteiger partial charge in [0.1, 0.15) is 17.6 Å². The van der Waals surface area contributed by atoms with Crippen molar-refractivity contribution >= 4 is 40.4 Å². The summed E-state index contributed by atoms with van der Waals surface area (Å²) in [4.78, 5) is 15.8. The van der Waals surface area contributed by atoms with Crippen molar-refractivity contribution in [3.63, 3.8) is 0 Å². The van der Waals surface area contributed by atoms with Gasteiger partial charge in [0, 0.05) is 20.7 Å². The van der Waals surface area contributed by atoms with Crippen LogP contribution in [0.2, 0.25) is 0 Å². The Morgan fingerprint density at radius 1 is 0.885 bits per heavy atom. The van der Waals surface area contributed by atoms with Crippen LogP contribution in [0.25, 0.3) is 11.0 Å². The van der Waals surface area contributed by atoms with E-state index in [0.29, 0.717) is 12.1 Å². The molecule has 1 aliphatic rings. The highest BCUT2D eigenvalue weighted by Gasteiger charge is 2.23. The third kappa shape index (κ3) is 2.50. The van der Waals surface area contributed by atoms with Crippen LogP contribution in [-0.2, 0) is 6.54 Å². The molecule has 1 aliphatic heterocycles. The van der Waals surface area contributed by atoms with Crippen molar-refractivity contribution < 1.29 is 9.21 Å². The Labute approximate surface area is 155 Å². The van der Waals surface area contributed by atoms with Gasteiger partial charge in [-0.2, -0.15) is 0 Å². The van der Waals surface area contributed by atoms with Crippen molar-refractivity contribution in [3.8, 4) is 0 Å². The number of benzene rings is 3. The Balaban J connectivity index is 1.59. The van der Waals surface area contributed by atoms with E-state index in [2.05, 4.69) is 53.4 Å². The molecule has 0 fully saturated rings. The highest BCUT2D eigenvalue weighted by molar-refractivity contribution is 7.99. The standard InChI is InChI=1S/C22H15NO2S/c24-14-15-9-10-20-16(11-15)12-17(25-20)13-23-18-5-1-3-7-21(18)26-22-8-4-2-6-19(22)23/h1-12,14H,13H2. The molecule has 0 aliphatic carbocycles. The molecule has 1 aromatic heterocycles. The third-order valence-electron chi connectivity index (χ3n) is 4.57. The lowest BCUT2D eigenvalue weighted by Gasteiger charge is -2.32. The first-order valence-corrected chi connectivity index (χ1v) is 9.24. The molecular weight excluding hydrogens is 342 g/mol. The average Bonchev–Trinajstić information content (AvgIpc) is 3.09. The molecule has 3 aromatic carbocycles. The second kappa shape index (κ2) is 6.07. The van der Waals surface area contributed by atoms with Gasteiger partial charge in [-0.3, -0.25) is 4.79 Å². The number of para-hydroxylation sites is 2. The SMILES string of the molecule is O=Cc1ccc2oc(CN3c4ccccc4Sc4ccccc43)cc2c1. The zero-order valence-corrected chi connectivity index (χ0v) is 14.7. The first-order chi connectivity index (χ1) is 12.8. The monoisotopic (exact) mass is 357 g/mol. The first-order valence-electron chi connectivity index (χ1n) is 8.43. The molecule has 3 nitrogen and oxygen atoms in total. The molecular formula is C22H15NO2S. The van der Waals surface area contributed by atoms with E-state index in [-0.39, 0.29) is 0 Å². The van der Waals surface area contributed by atoms with E-state index in [1.165, 1.54) is 21.2 Å². The zero-order valence-electron chi connectivity index (χ0n) is 13.9. The third-order valence-corrected chi connectivity index (χ3v) is 5.70. The number of rotatable bonds is 3. The molecule has 0 unspecified atom stereocenters. The van der Waals surface area contributed by atoms with Crippen molar-refractivity contribution in [3.05, 3.63) is 84.1 Å². The van der Waals surface area contributed by atoms with Gasteiger partial charge >= 0.3 is 0 Å². The minimum absolute atomic E-state index is 0.639. The molecule has 0 amide bonds. The number of furan rings is 1. The van der Waals surface area contributed by atoms with Crippen LogP contribution >= 0.6 is 11.8 Å². The quantitative estimate of drug-likeness (QED) is 0.418. The van der Waals surface area contributed by atoms with E-state index in [4.69, 9.17) is 4.42 Å². The number of aldehydes is 1. The summed E-state index contributed by atoms with van der Waals surface area (Å²) in [6.07, 6.45) is 0.862. The molecule has 0 saturated carbocycles. The molecule has 0 bridgehead atoms. The fraction of sp³-hybridized carbons (Fsp3) is 0.0455. The largest absolute Gasteiger partial charge is 0.459 e. The average molecular weight is 357 g/mol. The van der Waals surface area contributed by atoms with Crippen LogP contribution in [0.5, 0.6) is 0 Å². The van der Waals surface area contributed by atoms with Crippen molar-refractivity contribution in [2.45, 2.75) is 16.3 Å². The number of nitrogens with zero attached hydrogens (tertiary/aromatic N) is 1. The molecule has 4 aromatic rings. The van der Waals surface area contributed by atoms with Gasteiger partial charge in [0.2, 0.25) is 0 Å². The van der Waals surface area contributed by atoms with E-state index in [1.807, 2.05) is 18.2 Å². The Hall–Kier alpha value is -2.98. The van der Waals surface area contributed by atoms with Gasteiger partial charge in [0.15, 0.2) is 0 Å². The highest BCUT2D eigenvalue weighted by atomic mass is 32.2. The summed E-state index contributed by atoms with van der Waals surface area (Å²) in [5.74, 6) is 0.875. The van der Waals surface area contributed by atoms with Gasteiger partial charge in [0.05, 0.1) is 17.9 Å². The Kier molecular flexibility index (Phi) is 3.57. The molecule has 0 saturated heterocycles. The fourth-order valence-corrected chi connectivity index (χ4v) is 4.47. The summed E-state index contributed by atoms with van der Waals surface area (Å²) < 4.78 is 6.04. The normalized spacial score (nSPS) is 12.7. The molecule has 2 heterocycles. The predicted molar refractivity (Wildman–Crippen MR) is 104 cm³/mol. The van der Waals surface area contributed by atoms with E-state index < -0.39 is 0 Å². The number of anilines is 2. The molecule has 0 spiro atoms. The molecule has 5 rings (SSSR count). The summed E-state index contributed by atoms with van der Waals surface area (Å²) in [6, 6.07) is 24.4. The topological polar surface area (TPSA) is 33.5 Å². The maximum atomic E-state index is 11.0. The van der Waals surface area contributed by atoms with E-state index in [0.717, 1.165) is 23.0 Å². The summed E-state index contributed by atoms with van der Waals surface area (Å²) in [5.41, 5.74) is 3.84. The molecule has 4 heteroatoms. The van der Waals surface area contributed by atoms with Crippen molar-refractivity contribution in [1.82, 2.24) is 0 Å². The van der Waals surface area contributed by atoms with Crippen LogP contribution in [0.15, 0.2) is 87.0 Å².